The number of aryl methyl sites for hydroxylation is 1. The van der Waals surface area contributed by atoms with Crippen molar-refractivity contribution in [1.29, 1.82) is 0 Å². The molecule has 0 amide bonds. The van der Waals surface area contributed by atoms with Gasteiger partial charge in [-0.3, -0.25) is 4.79 Å². The molecule has 1 aromatic carbocycles. The minimum absolute atomic E-state index is 0.268. The molecule has 0 aromatic heterocycles. The SMILES string of the molecule is CCN(CC(=O)C(C)(C)C)c1ccccc1C. The Kier molecular flexibility index (Phi) is 4.33. The van der Waals surface area contributed by atoms with Crippen molar-refractivity contribution >= 4 is 11.5 Å². The quantitative estimate of drug-likeness (QED) is 0.794. The lowest BCUT2D eigenvalue weighted by molar-refractivity contribution is -0.124. The van der Waals surface area contributed by atoms with Gasteiger partial charge >= 0.3 is 0 Å². The Bertz CT molecular complexity index is 390. The van der Waals surface area contributed by atoms with Crippen molar-refractivity contribution in [2.45, 2.75) is 34.6 Å². The lowest BCUT2D eigenvalue weighted by atomic mass is 9.90. The van der Waals surface area contributed by atoms with Gasteiger partial charge in [0.2, 0.25) is 0 Å². The summed E-state index contributed by atoms with van der Waals surface area (Å²) in [6, 6.07) is 8.21. The molecule has 0 unspecified atom stereocenters. The molecule has 2 nitrogen and oxygen atoms in total. The predicted molar refractivity (Wildman–Crippen MR) is 73.5 cm³/mol. The molecular formula is C15H23NO. The standard InChI is InChI=1S/C15H23NO/c1-6-16(11-14(17)15(3,4)5)13-10-8-7-9-12(13)2/h7-10H,6,11H2,1-5H3. The number of hydrogen-bond donors (Lipinski definition) is 0. The highest BCUT2D eigenvalue weighted by Crippen LogP contribution is 2.21. The molecule has 0 aliphatic heterocycles. The maximum Gasteiger partial charge on any atom is 0.157 e. The van der Waals surface area contributed by atoms with Gasteiger partial charge in [-0.05, 0) is 25.5 Å². The van der Waals surface area contributed by atoms with Crippen LogP contribution >= 0.6 is 0 Å². The fourth-order valence-electron chi connectivity index (χ4n) is 1.70. The second-order valence-corrected chi connectivity index (χ2v) is 5.47. The molecule has 0 aliphatic rings. The van der Waals surface area contributed by atoms with Gasteiger partial charge in [-0.1, -0.05) is 39.0 Å². The molecule has 0 saturated heterocycles. The number of rotatable bonds is 4. The zero-order valence-corrected chi connectivity index (χ0v) is 11.6. The number of para-hydroxylation sites is 1. The monoisotopic (exact) mass is 233 g/mol. The van der Waals surface area contributed by atoms with Crippen LogP contribution in [0.25, 0.3) is 0 Å². The van der Waals surface area contributed by atoms with E-state index in [2.05, 4.69) is 30.9 Å². The molecule has 0 fully saturated rings. The molecule has 0 bridgehead atoms. The van der Waals surface area contributed by atoms with Gasteiger partial charge < -0.3 is 4.90 Å². The summed E-state index contributed by atoms with van der Waals surface area (Å²) in [5.74, 6) is 0.280. The summed E-state index contributed by atoms with van der Waals surface area (Å²) in [6.07, 6.45) is 0. The third kappa shape index (κ3) is 3.58. The molecule has 2 heteroatoms. The van der Waals surface area contributed by atoms with E-state index in [1.807, 2.05) is 32.9 Å². The molecule has 0 heterocycles. The molecular weight excluding hydrogens is 210 g/mol. The van der Waals surface area contributed by atoms with Crippen LogP contribution < -0.4 is 4.90 Å². The number of hydrogen-bond acceptors (Lipinski definition) is 2. The fourth-order valence-corrected chi connectivity index (χ4v) is 1.70. The number of ketones is 1. The van der Waals surface area contributed by atoms with Gasteiger partial charge in [0.15, 0.2) is 5.78 Å². The Morgan fingerprint density at radius 3 is 2.29 bits per heavy atom. The third-order valence-electron chi connectivity index (χ3n) is 3.01. The van der Waals surface area contributed by atoms with Crippen LogP contribution in [0.2, 0.25) is 0 Å². The summed E-state index contributed by atoms with van der Waals surface area (Å²) in [5, 5.41) is 0. The van der Waals surface area contributed by atoms with Crippen LogP contribution in [-0.2, 0) is 4.79 Å². The van der Waals surface area contributed by atoms with Crippen molar-refractivity contribution in [2.75, 3.05) is 18.0 Å². The van der Waals surface area contributed by atoms with E-state index in [-0.39, 0.29) is 11.2 Å². The zero-order chi connectivity index (χ0) is 13.1. The van der Waals surface area contributed by atoms with E-state index in [0.29, 0.717) is 6.54 Å². The normalized spacial score (nSPS) is 11.4. The van der Waals surface area contributed by atoms with Crippen LogP contribution in [0, 0.1) is 12.3 Å². The van der Waals surface area contributed by atoms with E-state index in [1.54, 1.807) is 0 Å². The summed E-state index contributed by atoms with van der Waals surface area (Å²) < 4.78 is 0. The lowest BCUT2D eigenvalue weighted by Crippen LogP contribution is -2.36. The molecule has 0 atom stereocenters. The second-order valence-electron chi connectivity index (χ2n) is 5.47. The summed E-state index contributed by atoms with van der Waals surface area (Å²) >= 11 is 0. The first kappa shape index (κ1) is 13.8. The Morgan fingerprint density at radius 1 is 1.24 bits per heavy atom. The molecule has 1 rings (SSSR count). The van der Waals surface area contributed by atoms with Crippen molar-refractivity contribution in [3.8, 4) is 0 Å². The van der Waals surface area contributed by atoms with Crippen LogP contribution in [-0.4, -0.2) is 18.9 Å². The molecule has 94 valence electrons. The number of likely N-dealkylation sites (N-methyl/N-ethyl adjacent to an activating group) is 1. The number of Topliss-reactive ketones (excluding diaryl/α,β-unsaturated/α-hetero) is 1. The van der Waals surface area contributed by atoms with E-state index >= 15 is 0 Å². The number of anilines is 1. The van der Waals surface area contributed by atoms with Crippen LogP contribution in [0.3, 0.4) is 0 Å². The molecule has 0 radical (unpaired) electrons. The summed E-state index contributed by atoms with van der Waals surface area (Å²) in [5.41, 5.74) is 2.11. The van der Waals surface area contributed by atoms with E-state index in [0.717, 1.165) is 12.2 Å². The minimum Gasteiger partial charge on any atom is -0.364 e. The van der Waals surface area contributed by atoms with Crippen molar-refractivity contribution in [3.05, 3.63) is 29.8 Å². The summed E-state index contributed by atoms with van der Waals surface area (Å²) in [4.78, 5) is 14.2. The van der Waals surface area contributed by atoms with Crippen LogP contribution in [0.1, 0.15) is 33.3 Å². The molecule has 17 heavy (non-hydrogen) atoms. The number of carbonyl (C=O) groups is 1. The highest BCUT2D eigenvalue weighted by Gasteiger charge is 2.23. The summed E-state index contributed by atoms with van der Waals surface area (Å²) in [7, 11) is 0. The average molecular weight is 233 g/mol. The van der Waals surface area contributed by atoms with Gasteiger partial charge in [0, 0.05) is 17.6 Å². The Morgan fingerprint density at radius 2 is 1.82 bits per heavy atom. The smallest absolute Gasteiger partial charge is 0.157 e. The van der Waals surface area contributed by atoms with Gasteiger partial charge in [0.05, 0.1) is 6.54 Å². The van der Waals surface area contributed by atoms with Crippen molar-refractivity contribution in [2.24, 2.45) is 5.41 Å². The molecule has 0 saturated carbocycles. The maximum atomic E-state index is 12.1. The lowest BCUT2D eigenvalue weighted by Gasteiger charge is -2.27. The Balaban J connectivity index is 2.87. The molecule has 0 N–H and O–H groups in total. The second kappa shape index (κ2) is 5.35. The van der Waals surface area contributed by atoms with E-state index < -0.39 is 0 Å². The van der Waals surface area contributed by atoms with E-state index in [1.165, 1.54) is 5.56 Å². The highest BCUT2D eigenvalue weighted by molar-refractivity contribution is 5.88. The first-order chi connectivity index (χ1) is 7.86. The first-order valence-corrected chi connectivity index (χ1v) is 6.20. The van der Waals surface area contributed by atoms with E-state index in [9.17, 15) is 4.79 Å². The van der Waals surface area contributed by atoms with Crippen molar-refractivity contribution in [1.82, 2.24) is 0 Å². The number of nitrogens with zero attached hydrogens (tertiary/aromatic N) is 1. The number of carbonyl (C=O) groups excluding carboxylic acids is 1. The predicted octanol–water partition coefficient (Wildman–Crippen LogP) is 3.44. The Labute approximate surface area is 105 Å². The maximum absolute atomic E-state index is 12.1. The molecule has 0 spiro atoms. The first-order valence-electron chi connectivity index (χ1n) is 6.20. The van der Waals surface area contributed by atoms with Gasteiger partial charge in [0.25, 0.3) is 0 Å². The Hall–Kier alpha value is -1.31. The van der Waals surface area contributed by atoms with Crippen molar-refractivity contribution in [3.63, 3.8) is 0 Å². The topological polar surface area (TPSA) is 20.3 Å². The van der Waals surface area contributed by atoms with E-state index in [4.69, 9.17) is 0 Å². The minimum atomic E-state index is -0.268. The molecule has 1 aromatic rings. The van der Waals surface area contributed by atoms with Crippen molar-refractivity contribution < 1.29 is 4.79 Å². The number of benzene rings is 1. The zero-order valence-electron chi connectivity index (χ0n) is 11.6. The van der Waals surface area contributed by atoms with Crippen LogP contribution in [0.4, 0.5) is 5.69 Å². The fraction of sp³-hybridized carbons (Fsp3) is 0.533. The van der Waals surface area contributed by atoms with Gasteiger partial charge in [-0.25, -0.2) is 0 Å². The van der Waals surface area contributed by atoms with Gasteiger partial charge in [-0.15, -0.1) is 0 Å². The van der Waals surface area contributed by atoms with Gasteiger partial charge in [0.1, 0.15) is 0 Å². The summed E-state index contributed by atoms with van der Waals surface area (Å²) in [6.45, 7) is 11.4. The molecule has 0 aliphatic carbocycles. The average Bonchev–Trinajstić information content (AvgIpc) is 2.25. The highest BCUT2D eigenvalue weighted by atomic mass is 16.1. The van der Waals surface area contributed by atoms with Crippen LogP contribution in [0.15, 0.2) is 24.3 Å². The third-order valence-corrected chi connectivity index (χ3v) is 3.01. The van der Waals surface area contributed by atoms with Gasteiger partial charge in [-0.2, -0.15) is 0 Å². The largest absolute Gasteiger partial charge is 0.364 e. The van der Waals surface area contributed by atoms with Crippen LogP contribution in [0.5, 0.6) is 0 Å².